The maximum Gasteiger partial charge on any atom is 0.416 e. The van der Waals surface area contributed by atoms with Gasteiger partial charge in [0.2, 0.25) is 6.41 Å². The SMILES string of the molecule is CC(C)(C)OC(=O)NCc1cccc(CN(C=O)c2cn(CCCCn3cc(C(=O)NCc4cc(C(F)(F)F)ccn4)nn3)nn2)c1. The van der Waals surface area contributed by atoms with Crippen molar-refractivity contribution in [2.75, 3.05) is 4.90 Å². The number of hydrogen-bond acceptors (Lipinski definition) is 9. The Morgan fingerprint density at radius 2 is 1.64 bits per heavy atom. The van der Waals surface area contributed by atoms with E-state index in [1.54, 1.807) is 31.6 Å². The number of alkyl carbamates (subject to hydrolysis) is 1. The van der Waals surface area contributed by atoms with E-state index in [9.17, 15) is 27.6 Å². The zero-order valence-electron chi connectivity index (χ0n) is 26.1. The molecule has 47 heavy (non-hydrogen) atoms. The monoisotopic (exact) mass is 656 g/mol. The summed E-state index contributed by atoms with van der Waals surface area (Å²) in [5.41, 5.74) is 0.319. The third-order valence-corrected chi connectivity index (χ3v) is 6.50. The van der Waals surface area contributed by atoms with Crippen LogP contribution in [0.2, 0.25) is 0 Å². The highest BCUT2D eigenvalue weighted by molar-refractivity contribution is 5.91. The Hall–Kier alpha value is -5.35. The number of pyridine rings is 1. The summed E-state index contributed by atoms with van der Waals surface area (Å²) >= 11 is 0. The van der Waals surface area contributed by atoms with Crippen molar-refractivity contribution < 1.29 is 32.3 Å². The van der Waals surface area contributed by atoms with Crippen molar-refractivity contribution in [3.05, 3.63) is 83.1 Å². The van der Waals surface area contributed by atoms with E-state index in [0.717, 1.165) is 29.5 Å². The first kappa shape index (κ1) is 34.5. The molecule has 0 atom stereocenters. The molecule has 4 aromatic rings. The number of benzene rings is 1. The van der Waals surface area contributed by atoms with E-state index in [1.807, 2.05) is 24.3 Å². The van der Waals surface area contributed by atoms with E-state index < -0.39 is 29.3 Å². The number of aromatic nitrogens is 7. The Morgan fingerprint density at radius 3 is 2.34 bits per heavy atom. The predicted octanol–water partition coefficient (Wildman–Crippen LogP) is 3.88. The second kappa shape index (κ2) is 15.3. The second-order valence-corrected chi connectivity index (χ2v) is 11.5. The van der Waals surface area contributed by atoms with Gasteiger partial charge in [0.15, 0.2) is 11.5 Å². The number of amides is 3. The predicted molar refractivity (Wildman–Crippen MR) is 161 cm³/mol. The fourth-order valence-electron chi connectivity index (χ4n) is 4.30. The lowest BCUT2D eigenvalue weighted by Crippen LogP contribution is -2.32. The molecule has 0 aliphatic rings. The first-order chi connectivity index (χ1) is 22.3. The summed E-state index contributed by atoms with van der Waals surface area (Å²) in [5, 5.41) is 21.2. The van der Waals surface area contributed by atoms with Gasteiger partial charge in [0.05, 0.1) is 36.7 Å². The molecule has 3 amide bonds. The summed E-state index contributed by atoms with van der Waals surface area (Å²) in [5.74, 6) is -0.209. The minimum absolute atomic E-state index is 0.0247. The van der Waals surface area contributed by atoms with Crippen LogP contribution in [0.4, 0.5) is 23.8 Å². The topological polar surface area (TPSA) is 162 Å². The van der Waals surface area contributed by atoms with Crippen molar-refractivity contribution in [2.45, 2.75) is 78.1 Å². The molecule has 2 N–H and O–H groups in total. The molecule has 0 saturated carbocycles. The quantitative estimate of drug-likeness (QED) is 0.152. The summed E-state index contributed by atoms with van der Waals surface area (Å²) < 4.78 is 47.0. The molecule has 0 spiro atoms. The maximum absolute atomic E-state index is 12.9. The third-order valence-electron chi connectivity index (χ3n) is 6.50. The van der Waals surface area contributed by atoms with Gasteiger partial charge in [-0.15, -0.1) is 10.2 Å². The van der Waals surface area contributed by atoms with Gasteiger partial charge in [-0.25, -0.2) is 4.79 Å². The molecule has 3 heterocycles. The molecule has 0 radical (unpaired) electrons. The van der Waals surface area contributed by atoms with Crippen LogP contribution in [0.15, 0.2) is 55.0 Å². The smallest absolute Gasteiger partial charge is 0.416 e. The van der Waals surface area contributed by atoms with Crippen LogP contribution in [0.1, 0.15) is 66.5 Å². The van der Waals surface area contributed by atoms with Crippen molar-refractivity contribution in [3.8, 4) is 0 Å². The van der Waals surface area contributed by atoms with E-state index >= 15 is 0 Å². The molecule has 250 valence electrons. The van der Waals surface area contributed by atoms with E-state index in [4.69, 9.17) is 4.74 Å². The minimum atomic E-state index is -4.50. The summed E-state index contributed by atoms with van der Waals surface area (Å²) in [6.45, 7) is 6.65. The molecular weight excluding hydrogens is 621 g/mol. The lowest BCUT2D eigenvalue weighted by atomic mass is 10.1. The summed E-state index contributed by atoms with van der Waals surface area (Å²) in [7, 11) is 0. The van der Waals surface area contributed by atoms with Crippen LogP contribution in [0.25, 0.3) is 0 Å². The molecule has 3 aromatic heterocycles. The third kappa shape index (κ3) is 10.9. The van der Waals surface area contributed by atoms with Gasteiger partial charge in [-0.1, -0.05) is 34.7 Å². The number of aryl methyl sites for hydroxylation is 2. The van der Waals surface area contributed by atoms with Crippen LogP contribution in [-0.2, 0) is 48.4 Å². The Bertz CT molecular complexity index is 1670. The Balaban J connectivity index is 1.20. The number of ether oxygens (including phenoxy) is 1. The van der Waals surface area contributed by atoms with E-state index in [0.29, 0.717) is 38.2 Å². The van der Waals surface area contributed by atoms with Crippen LogP contribution in [0, 0.1) is 0 Å². The fraction of sp³-hybridized carbons (Fsp3) is 0.400. The molecule has 4 rings (SSSR count). The number of anilines is 1. The van der Waals surface area contributed by atoms with Crippen LogP contribution < -0.4 is 15.5 Å². The van der Waals surface area contributed by atoms with Crippen LogP contribution in [0.3, 0.4) is 0 Å². The van der Waals surface area contributed by atoms with Crippen LogP contribution >= 0.6 is 0 Å². The van der Waals surface area contributed by atoms with Gasteiger partial charge in [-0.2, -0.15) is 13.2 Å². The van der Waals surface area contributed by atoms with E-state index in [1.165, 1.54) is 15.8 Å². The molecule has 0 unspecified atom stereocenters. The maximum atomic E-state index is 12.9. The average Bonchev–Trinajstić information content (AvgIpc) is 3.69. The average molecular weight is 657 g/mol. The standard InChI is InChI=1S/C30H35F3N10O4/c1-29(2,3)47-28(46)36-15-21-7-6-8-22(13-21)17-41(20-44)26-19-43(40-38-26)12-5-4-11-42-18-25(37-39-42)27(45)35-16-24-14-23(9-10-34-24)30(31,32)33/h6-10,13-14,18-20H,4-5,11-12,15-17H2,1-3H3,(H,35,45)(H,36,46). The first-order valence-electron chi connectivity index (χ1n) is 14.7. The Morgan fingerprint density at radius 1 is 0.936 bits per heavy atom. The molecule has 0 bridgehead atoms. The summed E-state index contributed by atoms with van der Waals surface area (Å²) in [4.78, 5) is 41.5. The number of carbonyl (C=O) groups is 3. The molecule has 0 fully saturated rings. The van der Waals surface area contributed by atoms with Gasteiger partial charge in [0, 0.05) is 25.8 Å². The molecule has 0 saturated heterocycles. The molecule has 1 aromatic carbocycles. The number of alkyl halides is 3. The molecule has 14 nitrogen and oxygen atoms in total. The normalized spacial score (nSPS) is 11.6. The zero-order chi connectivity index (χ0) is 34.0. The highest BCUT2D eigenvalue weighted by Crippen LogP contribution is 2.29. The summed E-state index contributed by atoms with van der Waals surface area (Å²) in [6.07, 6.45) is 1.15. The van der Waals surface area contributed by atoms with Gasteiger partial charge in [-0.3, -0.25) is 28.8 Å². The van der Waals surface area contributed by atoms with Gasteiger partial charge in [0.1, 0.15) is 5.60 Å². The van der Waals surface area contributed by atoms with Gasteiger partial charge < -0.3 is 15.4 Å². The number of halogens is 3. The van der Waals surface area contributed by atoms with Crippen LogP contribution in [-0.4, -0.2) is 59.0 Å². The largest absolute Gasteiger partial charge is 0.444 e. The fourth-order valence-corrected chi connectivity index (χ4v) is 4.30. The molecular formula is C30H35F3N10O4. The number of rotatable bonds is 14. The molecule has 0 aliphatic carbocycles. The first-order valence-corrected chi connectivity index (χ1v) is 14.7. The molecule has 0 aliphatic heterocycles. The second-order valence-electron chi connectivity index (χ2n) is 11.5. The van der Waals surface area contributed by atoms with Crippen molar-refractivity contribution in [3.63, 3.8) is 0 Å². The lowest BCUT2D eigenvalue weighted by molar-refractivity contribution is -0.137. The number of nitrogens with zero attached hydrogens (tertiary/aromatic N) is 8. The molecule has 17 heteroatoms. The zero-order valence-corrected chi connectivity index (χ0v) is 26.1. The van der Waals surface area contributed by atoms with E-state index in [-0.39, 0.29) is 31.0 Å². The highest BCUT2D eigenvalue weighted by Gasteiger charge is 2.30. The van der Waals surface area contributed by atoms with Gasteiger partial charge >= 0.3 is 12.3 Å². The Kier molecular flexibility index (Phi) is 11.2. The van der Waals surface area contributed by atoms with Crippen LogP contribution in [0.5, 0.6) is 0 Å². The van der Waals surface area contributed by atoms with E-state index in [2.05, 4.69) is 36.2 Å². The van der Waals surface area contributed by atoms with Crippen molar-refractivity contribution in [1.82, 2.24) is 45.6 Å². The number of hydrogen-bond donors (Lipinski definition) is 2. The van der Waals surface area contributed by atoms with Gasteiger partial charge in [-0.05, 0) is 56.9 Å². The van der Waals surface area contributed by atoms with Crippen molar-refractivity contribution >= 4 is 24.2 Å². The number of nitrogens with one attached hydrogen (secondary N) is 2. The number of unbranched alkanes of at least 4 members (excludes halogenated alkanes) is 1. The summed E-state index contributed by atoms with van der Waals surface area (Å²) in [6, 6.07) is 9.18. The number of carbonyl (C=O) groups excluding carboxylic acids is 3. The van der Waals surface area contributed by atoms with Gasteiger partial charge in [0.25, 0.3) is 5.91 Å². The van der Waals surface area contributed by atoms with Crippen molar-refractivity contribution in [2.24, 2.45) is 0 Å². The lowest BCUT2D eigenvalue weighted by Gasteiger charge is -2.20. The Labute approximate surface area is 268 Å². The van der Waals surface area contributed by atoms with Crippen molar-refractivity contribution in [1.29, 1.82) is 0 Å². The minimum Gasteiger partial charge on any atom is -0.444 e. The highest BCUT2D eigenvalue weighted by atomic mass is 19.4.